The number of hydrogen-bond donors (Lipinski definition) is 0. The predicted octanol–water partition coefficient (Wildman–Crippen LogP) is 2.77. The van der Waals surface area contributed by atoms with Gasteiger partial charge in [0.2, 0.25) is 0 Å². The Morgan fingerprint density at radius 1 is 1.38 bits per heavy atom. The first-order chi connectivity index (χ1) is 6.20. The molecule has 0 spiro atoms. The highest BCUT2D eigenvalue weighted by molar-refractivity contribution is 5.72. The lowest BCUT2D eigenvalue weighted by Crippen LogP contribution is -2.15. The first-order valence-electron chi connectivity index (χ1n) is 5.37. The molecule has 0 saturated heterocycles. The zero-order chi connectivity index (χ0) is 9.68. The Labute approximate surface area is 80.7 Å². The molecule has 0 radical (unpaired) electrons. The molecule has 0 aromatic heterocycles. The van der Waals surface area contributed by atoms with Crippen molar-refractivity contribution in [1.29, 1.82) is 0 Å². The van der Waals surface area contributed by atoms with E-state index in [4.69, 9.17) is 4.74 Å². The largest absolute Gasteiger partial charge is 0.465 e. The average molecular weight is 184 g/mol. The fourth-order valence-electron chi connectivity index (χ4n) is 1.67. The zero-order valence-corrected chi connectivity index (χ0v) is 8.71. The van der Waals surface area contributed by atoms with E-state index >= 15 is 0 Å². The lowest BCUT2D eigenvalue weighted by Gasteiger charge is -2.10. The summed E-state index contributed by atoms with van der Waals surface area (Å²) >= 11 is 0. The molecule has 0 amide bonds. The molecular formula is C11H20O2. The second-order valence-corrected chi connectivity index (χ2v) is 4.33. The van der Waals surface area contributed by atoms with Crippen molar-refractivity contribution in [3.8, 4) is 0 Å². The van der Waals surface area contributed by atoms with E-state index < -0.39 is 0 Å². The van der Waals surface area contributed by atoms with Crippen molar-refractivity contribution in [3.63, 3.8) is 0 Å². The molecule has 0 heterocycles. The van der Waals surface area contributed by atoms with Crippen molar-refractivity contribution in [2.45, 2.75) is 46.0 Å². The summed E-state index contributed by atoms with van der Waals surface area (Å²) in [6, 6.07) is 0. The SMILES string of the molecule is CC(C)CCOC(=O)C1CCCC1. The maximum Gasteiger partial charge on any atom is 0.308 e. The van der Waals surface area contributed by atoms with Gasteiger partial charge in [0.1, 0.15) is 0 Å². The van der Waals surface area contributed by atoms with E-state index in [0.717, 1.165) is 19.3 Å². The normalized spacial score (nSPS) is 18.1. The Kier molecular flexibility index (Phi) is 4.26. The number of hydrogen-bond acceptors (Lipinski definition) is 2. The van der Waals surface area contributed by atoms with Gasteiger partial charge >= 0.3 is 5.97 Å². The molecule has 0 unspecified atom stereocenters. The molecule has 0 aromatic carbocycles. The lowest BCUT2D eigenvalue weighted by atomic mass is 10.1. The standard InChI is InChI=1S/C11H20O2/c1-9(2)7-8-13-11(12)10-5-3-4-6-10/h9-10H,3-8H2,1-2H3. The molecule has 0 bridgehead atoms. The maximum atomic E-state index is 11.4. The molecule has 13 heavy (non-hydrogen) atoms. The molecule has 2 heteroatoms. The summed E-state index contributed by atoms with van der Waals surface area (Å²) in [5, 5.41) is 0. The second kappa shape index (κ2) is 5.25. The molecule has 0 atom stereocenters. The zero-order valence-electron chi connectivity index (χ0n) is 8.71. The van der Waals surface area contributed by atoms with Crippen LogP contribution < -0.4 is 0 Å². The van der Waals surface area contributed by atoms with Crippen LogP contribution in [-0.2, 0) is 9.53 Å². The van der Waals surface area contributed by atoms with Crippen LogP contribution in [0.5, 0.6) is 0 Å². The molecular weight excluding hydrogens is 164 g/mol. The topological polar surface area (TPSA) is 26.3 Å². The summed E-state index contributed by atoms with van der Waals surface area (Å²) in [4.78, 5) is 11.4. The number of rotatable bonds is 4. The second-order valence-electron chi connectivity index (χ2n) is 4.33. The Bertz CT molecular complexity index is 157. The van der Waals surface area contributed by atoms with E-state index in [1.54, 1.807) is 0 Å². The van der Waals surface area contributed by atoms with Gasteiger partial charge < -0.3 is 4.74 Å². The number of ether oxygens (including phenoxy) is 1. The van der Waals surface area contributed by atoms with Crippen LogP contribution in [0, 0.1) is 11.8 Å². The Balaban J connectivity index is 2.10. The fraction of sp³-hybridized carbons (Fsp3) is 0.909. The minimum atomic E-state index is 0.0400. The van der Waals surface area contributed by atoms with Crippen molar-refractivity contribution in [3.05, 3.63) is 0 Å². The van der Waals surface area contributed by atoms with Gasteiger partial charge in [-0.25, -0.2) is 0 Å². The summed E-state index contributed by atoms with van der Waals surface area (Å²) < 4.78 is 5.20. The summed E-state index contributed by atoms with van der Waals surface area (Å²) in [6.07, 6.45) is 5.47. The van der Waals surface area contributed by atoms with E-state index in [-0.39, 0.29) is 11.9 Å². The molecule has 0 aliphatic heterocycles. The van der Waals surface area contributed by atoms with Gasteiger partial charge in [-0.2, -0.15) is 0 Å². The van der Waals surface area contributed by atoms with Crippen LogP contribution in [0.1, 0.15) is 46.0 Å². The minimum Gasteiger partial charge on any atom is -0.465 e. The fourth-order valence-corrected chi connectivity index (χ4v) is 1.67. The van der Waals surface area contributed by atoms with Crippen LogP contribution in [0.4, 0.5) is 0 Å². The molecule has 76 valence electrons. The molecule has 1 aliphatic carbocycles. The van der Waals surface area contributed by atoms with Crippen LogP contribution in [-0.4, -0.2) is 12.6 Å². The lowest BCUT2D eigenvalue weighted by molar-refractivity contribution is -0.148. The molecule has 1 aliphatic rings. The third-order valence-electron chi connectivity index (χ3n) is 2.63. The van der Waals surface area contributed by atoms with E-state index in [9.17, 15) is 4.79 Å². The molecule has 0 aromatic rings. The Morgan fingerprint density at radius 3 is 2.54 bits per heavy atom. The van der Waals surface area contributed by atoms with Crippen molar-refractivity contribution >= 4 is 5.97 Å². The van der Waals surface area contributed by atoms with Crippen molar-refractivity contribution < 1.29 is 9.53 Å². The molecule has 0 N–H and O–H groups in total. The summed E-state index contributed by atoms with van der Waals surface area (Å²) in [5.74, 6) is 0.877. The van der Waals surface area contributed by atoms with Gasteiger partial charge in [-0.1, -0.05) is 26.7 Å². The van der Waals surface area contributed by atoms with E-state index in [1.165, 1.54) is 12.8 Å². The van der Waals surface area contributed by atoms with Gasteiger partial charge in [0.25, 0.3) is 0 Å². The summed E-state index contributed by atoms with van der Waals surface area (Å²) in [5.41, 5.74) is 0. The molecule has 1 saturated carbocycles. The number of carbonyl (C=O) groups is 1. The van der Waals surface area contributed by atoms with Gasteiger partial charge in [0.15, 0.2) is 0 Å². The van der Waals surface area contributed by atoms with Crippen LogP contribution in [0.25, 0.3) is 0 Å². The number of esters is 1. The maximum absolute atomic E-state index is 11.4. The number of carbonyl (C=O) groups excluding carboxylic acids is 1. The third kappa shape index (κ3) is 3.79. The highest BCUT2D eigenvalue weighted by Crippen LogP contribution is 2.25. The first-order valence-corrected chi connectivity index (χ1v) is 5.37. The van der Waals surface area contributed by atoms with Gasteiger partial charge in [-0.05, 0) is 25.2 Å². The van der Waals surface area contributed by atoms with Crippen molar-refractivity contribution in [2.24, 2.45) is 11.8 Å². The van der Waals surface area contributed by atoms with Gasteiger partial charge in [0.05, 0.1) is 12.5 Å². The monoisotopic (exact) mass is 184 g/mol. The van der Waals surface area contributed by atoms with E-state index in [1.807, 2.05) is 0 Å². The summed E-state index contributed by atoms with van der Waals surface area (Å²) in [7, 11) is 0. The van der Waals surface area contributed by atoms with Gasteiger partial charge in [-0.15, -0.1) is 0 Å². The highest BCUT2D eigenvalue weighted by atomic mass is 16.5. The van der Waals surface area contributed by atoms with E-state index in [2.05, 4.69) is 13.8 Å². The molecule has 1 rings (SSSR count). The van der Waals surface area contributed by atoms with Gasteiger partial charge in [0, 0.05) is 0 Å². The van der Waals surface area contributed by atoms with E-state index in [0.29, 0.717) is 12.5 Å². The molecule has 1 fully saturated rings. The van der Waals surface area contributed by atoms with Crippen LogP contribution in [0.3, 0.4) is 0 Å². The smallest absolute Gasteiger partial charge is 0.308 e. The minimum absolute atomic E-state index is 0.0400. The summed E-state index contributed by atoms with van der Waals surface area (Å²) in [6.45, 7) is 4.89. The molecule has 2 nitrogen and oxygen atoms in total. The van der Waals surface area contributed by atoms with Crippen LogP contribution in [0.2, 0.25) is 0 Å². The quantitative estimate of drug-likeness (QED) is 0.628. The van der Waals surface area contributed by atoms with Gasteiger partial charge in [-0.3, -0.25) is 4.79 Å². The Hall–Kier alpha value is -0.530. The average Bonchev–Trinajstić information content (AvgIpc) is 2.55. The van der Waals surface area contributed by atoms with Crippen LogP contribution >= 0.6 is 0 Å². The van der Waals surface area contributed by atoms with Crippen molar-refractivity contribution in [2.75, 3.05) is 6.61 Å². The Morgan fingerprint density at radius 2 is 2.00 bits per heavy atom. The predicted molar refractivity (Wildman–Crippen MR) is 52.4 cm³/mol. The van der Waals surface area contributed by atoms with Crippen LogP contribution in [0.15, 0.2) is 0 Å². The third-order valence-corrected chi connectivity index (χ3v) is 2.63. The highest BCUT2D eigenvalue weighted by Gasteiger charge is 2.23. The first kappa shape index (κ1) is 10.6. The van der Waals surface area contributed by atoms with Crippen molar-refractivity contribution in [1.82, 2.24) is 0 Å².